The molecule has 0 saturated carbocycles. The third-order valence-corrected chi connectivity index (χ3v) is 3.12. The molecule has 2 aromatic rings. The lowest BCUT2D eigenvalue weighted by molar-refractivity contribution is -0.147. The fourth-order valence-corrected chi connectivity index (χ4v) is 1.92. The summed E-state index contributed by atoms with van der Waals surface area (Å²) in [5.74, 6) is -6.68. The second-order valence-electron chi connectivity index (χ2n) is 4.77. The van der Waals surface area contributed by atoms with Gasteiger partial charge in [-0.2, -0.15) is 0 Å². The van der Waals surface area contributed by atoms with E-state index in [1.807, 2.05) is 0 Å². The summed E-state index contributed by atoms with van der Waals surface area (Å²) in [6, 6.07) is 15.7. The Bertz CT molecular complexity index is 776. The minimum Gasteiger partial charge on any atom is -0.290 e. The molecule has 0 spiro atoms. The molecule has 0 aliphatic carbocycles. The van der Waals surface area contributed by atoms with Gasteiger partial charge in [-0.3, -0.25) is 24.0 Å². The summed E-state index contributed by atoms with van der Waals surface area (Å²) in [6.07, 6.45) is -0.293. The number of Topliss-reactive ketones (excluding diaryl/α,β-unsaturated/α-hetero) is 5. The molecule has 0 saturated heterocycles. The van der Waals surface area contributed by atoms with Crippen LogP contribution in [0.1, 0.15) is 15.9 Å². The average molecular weight is 308 g/mol. The van der Waals surface area contributed by atoms with Crippen molar-refractivity contribution in [3.63, 3.8) is 0 Å². The van der Waals surface area contributed by atoms with E-state index in [1.54, 1.807) is 36.4 Å². The first kappa shape index (κ1) is 16.2. The Morgan fingerprint density at radius 2 is 1.13 bits per heavy atom. The second-order valence-corrected chi connectivity index (χ2v) is 4.77. The summed E-state index contributed by atoms with van der Waals surface area (Å²) >= 11 is 0. The van der Waals surface area contributed by atoms with Crippen molar-refractivity contribution in [2.24, 2.45) is 0 Å². The van der Waals surface area contributed by atoms with E-state index in [-0.39, 0.29) is 12.0 Å². The number of rotatable bonds is 7. The Morgan fingerprint density at radius 1 is 0.609 bits per heavy atom. The number of carbonyl (C=O) groups excluding carboxylic acids is 5. The first-order chi connectivity index (χ1) is 11.0. The molecular formula is C18H12O5. The van der Waals surface area contributed by atoms with Crippen LogP contribution in [0.3, 0.4) is 0 Å². The first-order valence-corrected chi connectivity index (χ1v) is 6.80. The predicted octanol–water partition coefficient (Wildman–Crippen LogP) is 1.39. The summed E-state index contributed by atoms with van der Waals surface area (Å²) < 4.78 is 0. The van der Waals surface area contributed by atoms with Gasteiger partial charge in [-0.25, -0.2) is 0 Å². The molecule has 0 N–H and O–H groups in total. The Kier molecular flexibility index (Phi) is 5.04. The van der Waals surface area contributed by atoms with E-state index in [1.165, 1.54) is 24.3 Å². The van der Waals surface area contributed by atoms with Gasteiger partial charge in [0.25, 0.3) is 17.3 Å². The highest BCUT2D eigenvalue weighted by molar-refractivity contribution is 6.87. The van der Waals surface area contributed by atoms with E-state index >= 15 is 0 Å². The third-order valence-electron chi connectivity index (χ3n) is 3.12. The van der Waals surface area contributed by atoms with Crippen LogP contribution in [-0.2, 0) is 25.6 Å². The summed E-state index contributed by atoms with van der Waals surface area (Å²) in [6.45, 7) is 0. The zero-order valence-corrected chi connectivity index (χ0v) is 12.0. The van der Waals surface area contributed by atoms with Crippen molar-refractivity contribution in [2.75, 3.05) is 0 Å². The van der Waals surface area contributed by atoms with Gasteiger partial charge >= 0.3 is 0 Å². The van der Waals surface area contributed by atoms with Gasteiger partial charge in [-0.1, -0.05) is 60.7 Å². The lowest BCUT2D eigenvalue weighted by Gasteiger charge is -2.00. The summed E-state index contributed by atoms with van der Waals surface area (Å²) in [4.78, 5) is 58.9. The molecule has 0 atom stereocenters. The second kappa shape index (κ2) is 7.17. The third kappa shape index (κ3) is 3.91. The highest BCUT2D eigenvalue weighted by atomic mass is 16.2. The SMILES string of the molecule is O=C(Cc1ccccc1)C(=O)C(=O)C(=O)C(=O)c1ccccc1. The van der Waals surface area contributed by atoms with Crippen LogP contribution in [0, 0.1) is 0 Å². The zero-order chi connectivity index (χ0) is 16.8. The van der Waals surface area contributed by atoms with E-state index in [2.05, 4.69) is 0 Å². The smallest absolute Gasteiger partial charge is 0.280 e. The maximum Gasteiger partial charge on any atom is 0.280 e. The fraction of sp³-hybridized carbons (Fsp3) is 0.0556. The molecule has 5 nitrogen and oxygen atoms in total. The Labute approximate surface area is 131 Å². The van der Waals surface area contributed by atoms with Crippen LogP contribution in [0.4, 0.5) is 0 Å². The van der Waals surface area contributed by atoms with Gasteiger partial charge in [0.1, 0.15) is 0 Å². The molecule has 0 aliphatic heterocycles. The summed E-state index contributed by atoms with van der Waals surface area (Å²) in [5, 5.41) is 0. The van der Waals surface area contributed by atoms with Gasteiger partial charge in [0, 0.05) is 12.0 Å². The maximum atomic E-state index is 11.8. The first-order valence-electron chi connectivity index (χ1n) is 6.80. The van der Waals surface area contributed by atoms with Crippen LogP contribution < -0.4 is 0 Å². The molecule has 0 fully saturated rings. The minimum atomic E-state index is -1.60. The molecule has 114 valence electrons. The van der Waals surface area contributed by atoms with Crippen molar-refractivity contribution in [1.29, 1.82) is 0 Å². The molecule has 2 rings (SSSR count). The number of benzene rings is 2. The maximum absolute atomic E-state index is 11.8. The van der Waals surface area contributed by atoms with E-state index in [0.717, 1.165) is 0 Å². The van der Waals surface area contributed by atoms with E-state index in [4.69, 9.17) is 0 Å². The molecule has 5 heteroatoms. The number of carbonyl (C=O) groups is 5. The van der Waals surface area contributed by atoms with E-state index in [0.29, 0.717) is 5.56 Å². The Morgan fingerprint density at radius 3 is 1.70 bits per heavy atom. The standard InChI is InChI=1S/C18H12O5/c19-14(11-12-7-3-1-4-8-12)16(21)18(23)17(22)15(20)13-9-5-2-6-10-13/h1-10H,11H2. The number of ketones is 5. The van der Waals surface area contributed by atoms with Crippen LogP contribution >= 0.6 is 0 Å². The quantitative estimate of drug-likeness (QED) is 0.438. The van der Waals surface area contributed by atoms with E-state index < -0.39 is 28.9 Å². The largest absolute Gasteiger partial charge is 0.290 e. The van der Waals surface area contributed by atoms with Crippen molar-refractivity contribution >= 4 is 28.9 Å². The van der Waals surface area contributed by atoms with Crippen molar-refractivity contribution in [1.82, 2.24) is 0 Å². The number of hydrogen-bond donors (Lipinski definition) is 0. The van der Waals surface area contributed by atoms with Crippen molar-refractivity contribution < 1.29 is 24.0 Å². The Balaban J connectivity index is 2.07. The van der Waals surface area contributed by atoms with Gasteiger partial charge in [0.15, 0.2) is 0 Å². The molecular weight excluding hydrogens is 296 g/mol. The topological polar surface area (TPSA) is 85.3 Å². The van der Waals surface area contributed by atoms with Crippen LogP contribution in [0.25, 0.3) is 0 Å². The molecule has 23 heavy (non-hydrogen) atoms. The molecule has 2 aromatic carbocycles. The normalized spacial score (nSPS) is 9.91. The molecule has 0 unspecified atom stereocenters. The number of hydrogen-bond acceptors (Lipinski definition) is 5. The van der Waals surface area contributed by atoms with Crippen molar-refractivity contribution in [3.8, 4) is 0 Å². The lowest BCUT2D eigenvalue weighted by Crippen LogP contribution is -2.35. The van der Waals surface area contributed by atoms with Gasteiger partial charge in [0.05, 0.1) is 0 Å². The lowest BCUT2D eigenvalue weighted by atomic mass is 9.98. The molecule has 0 heterocycles. The van der Waals surface area contributed by atoms with Crippen molar-refractivity contribution in [2.45, 2.75) is 6.42 Å². The van der Waals surface area contributed by atoms with E-state index in [9.17, 15) is 24.0 Å². The van der Waals surface area contributed by atoms with Crippen molar-refractivity contribution in [3.05, 3.63) is 71.8 Å². The monoisotopic (exact) mass is 308 g/mol. The van der Waals surface area contributed by atoms with Gasteiger partial charge in [-0.05, 0) is 5.56 Å². The van der Waals surface area contributed by atoms with Crippen LogP contribution in [0.5, 0.6) is 0 Å². The van der Waals surface area contributed by atoms with Crippen LogP contribution in [0.15, 0.2) is 60.7 Å². The van der Waals surface area contributed by atoms with Crippen LogP contribution in [0.2, 0.25) is 0 Å². The van der Waals surface area contributed by atoms with Gasteiger partial charge in [-0.15, -0.1) is 0 Å². The highest BCUT2D eigenvalue weighted by Crippen LogP contribution is 2.04. The molecule has 0 aliphatic rings. The predicted molar refractivity (Wildman–Crippen MR) is 80.9 cm³/mol. The van der Waals surface area contributed by atoms with Gasteiger partial charge in [0.2, 0.25) is 11.6 Å². The fourth-order valence-electron chi connectivity index (χ4n) is 1.92. The summed E-state index contributed by atoms with van der Waals surface area (Å²) in [5.41, 5.74) is 0.537. The molecule has 0 radical (unpaired) electrons. The average Bonchev–Trinajstić information content (AvgIpc) is 2.60. The zero-order valence-electron chi connectivity index (χ0n) is 12.0. The van der Waals surface area contributed by atoms with Crippen LogP contribution in [-0.4, -0.2) is 28.9 Å². The molecule has 0 amide bonds. The minimum absolute atomic E-state index is 0.00541. The van der Waals surface area contributed by atoms with Gasteiger partial charge < -0.3 is 0 Å². The summed E-state index contributed by atoms with van der Waals surface area (Å²) in [7, 11) is 0. The molecule has 0 bridgehead atoms. The molecule has 0 aromatic heterocycles. The highest BCUT2D eigenvalue weighted by Gasteiger charge is 2.33. The Hall–Kier alpha value is -3.21.